The van der Waals surface area contributed by atoms with Crippen molar-refractivity contribution in [1.82, 2.24) is 4.90 Å². The van der Waals surface area contributed by atoms with Gasteiger partial charge in [0.05, 0.1) is 0 Å². The molecule has 106 valence electrons. The molecule has 1 saturated carbocycles. The number of carbonyl (C=O) groups is 2. The van der Waals surface area contributed by atoms with Crippen LogP contribution in [-0.2, 0) is 9.59 Å². The maximum Gasteiger partial charge on any atom is 0.323 e. The van der Waals surface area contributed by atoms with Gasteiger partial charge in [-0.05, 0) is 36.5 Å². The number of carboxylic acids is 1. The van der Waals surface area contributed by atoms with Crippen molar-refractivity contribution in [1.29, 1.82) is 0 Å². The Hall–Kier alpha value is -1.62. The minimum Gasteiger partial charge on any atom is -0.480 e. The first-order valence-electron chi connectivity index (χ1n) is 6.49. The van der Waals surface area contributed by atoms with Crippen LogP contribution in [0.15, 0.2) is 34.8 Å². The largest absolute Gasteiger partial charge is 0.480 e. The first-order valence-corrected chi connectivity index (χ1v) is 7.29. The quantitative estimate of drug-likeness (QED) is 0.812. The molecule has 20 heavy (non-hydrogen) atoms. The van der Waals surface area contributed by atoms with E-state index >= 15 is 0 Å². The topological polar surface area (TPSA) is 57.6 Å². The van der Waals surface area contributed by atoms with Crippen LogP contribution in [-0.4, -0.2) is 35.0 Å². The molecular weight excluding hydrogens is 322 g/mol. The molecule has 0 heterocycles. The molecule has 0 unspecified atom stereocenters. The molecule has 1 N–H and O–H groups in total. The third-order valence-corrected chi connectivity index (χ3v) is 3.85. The molecule has 1 fully saturated rings. The average molecular weight is 338 g/mol. The van der Waals surface area contributed by atoms with Gasteiger partial charge in [0.15, 0.2) is 0 Å². The van der Waals surface area contributed by atoms with Crippen LogP contribution in [0, 0.1) is 5.92 Å². The van der Waals surface area contributed by atoms with Crippen LogP contribution < -0.4 is 0 Å². The highest BCUT2D eigenvalue weighted by Gasteiger charge is 2.27. The van der Waals surface area contributed by atoms with Gasteiger partial charge < -0.3 is 10.0 Å². The molecule has 0 bridgehead atoms. The number of carbonyl (C=O) groups excluding carboxylic acids is 1. The molecule has 0 aromatic heterocycles. The molecular formula is C15H16BrNO3. The minimum absolute atomic E-state index is 0.240. The molecule has 0 saturated heterocycles. The molecule has 5 heteroatoms. The smallest absolute Gasteiger partial charge is 0.323 e. The van der Waals surface area contributed by atoms with Gasteiger partial charge in [-0.25, -0.2) is 0 Å². The molecule has 1 aliphatic carbocycles. The van der Waals surface area contributed by atoms with E-state index in [4.69, 9.17) is 5.11 Å². The lowest BCUT2D eigenvalue weighted by molar-refractivity contribution is -0.142. The Kier molecular flexibility index (Phi) is 4.95. The zero-order valence-electron chi connectivity index (χ0n) is 11.0. The summed E-state index contributed by atoms with van der Waals surface area (Å²) in [6.45, 7) is 0.293. The Morgan fingerprint density at radius 1 is 1.35 bits per heavy atom. The van der Waals surface area contributed by atoms with E-state index in [-0.39, 0.29) is 12.5 Å². The Morgan fingerprint density at radius 2 is 2.05 bits per heavy atom. The molecule has 1 aromatic rings. The van der Waals surface area contributed by atoms with Crippen molar-refractivity contribution in [3.63, 3.8) is 0 Å². The lowest BCUT2D eigenvalue weighted by atomic mass is 10.2. The number of carboxylic acid groups (broad SMARTS) is 1. The summed E-state index contributed by atoms with van der Waals surface area (Å²) in [6, 6.07) is 7.56. The van der Waals surface area contributed by atoms with Gasteiger partial charge in [0.1, 0.15) is 6.54 Å². The summed E-state index contributed by atoms with van der Waals surface area (Å²) in [7, 11) is 0. The van der Waals surface area contributed by atoms with E-state index in [0.717, 1.165) is 22.9 Å². The number of amides is 1. The Labute approximate surface area is 126 Å². The second-order valence-corrected chi connectivity index (χ2v) is 5.77. The van der Waals surface area contributed by atoms with Crippen molar-refractivity contribution < 1.29 is 14.7 Å². The first kappa shape index (κ1) is 14.8. The highest BCUT2D eigenvalue weighted by atomic mass is 79.9. The zero-order valence-corrected chi connectivity index (χ0v) is 12.5. The van der Waals surface area contributed by atoms with Crippen LogP contribution in [0.2, 0.25) is 0 Å². The van der Waals surface area contributed by atoms with Crippen molar-refractivity contribution >= 4 is 33.9 Å². The van der Waals surface area contributed by atoms with Crippen LogP contribution in [0.5, 0.6) is 0 Å². The summed E-state index contributed by atoms with van der Waals surface area (Å²) in [4.78, 5) is 24.3. The van der Waals surface area contributed by atoms with Crippen molar-refractivity contribution in [3.8, 4) is 0 Å². The van der Waals surface area contributed by atoms with Crippen LogP contribution >= 0.6 is 15.9 Å². The van der Waals surface area contributed by atoms with Crippen molar-refractivity contribution in [3.05, 3.63) is 40.4 Å². The number of aliphatic carboxylic acids is 1. The SMILES string of the molecule is O=C(O)CN(CC1CC1)C(=O)/C=C/c1ccccc1Br. The van der Waals surface area contributed by atoms with Gasteiger partial charge in [-0.1, -0.05) is 34.1 Å². The lowest BCUT2D eigenvalue weighted by Gasteiger charge is -2.18. The molecule has 1 aliphatic rings. The number of halogens is 1. The van der Waals surface area contributed by atoms with E-state index in [0.29, 0.717) is 12.5 Å². The maximum absolute atomic E-state index is 12.1. The normalized spacial score (nSPS) is 14.4. The summed E-state index contributed by atoms with van der Waals surface area (Å²) in [5.74, 6) is -0.765. The van der Waals surface area contributed by atoms with Crippen LogP contribution in [0.4, 0.5) is 0 Å². The average Bonchev–Trinajstić information content (AvgIpc) is 3.20. The van der Waals surface area contributed by atoms with Gasteiger partial charge in [0.25, 0.3) is 0 Å². The number of hydrogen-bond donors (Lipinski definition) is 1. The highest BCUT2D eigenvalue weighted by Crippen LogP contribution is 2.29. The number of hydrogen-bond acceptors (Lipinski definition) is 2. The summed E-state index contributed by atoms with van der Waals surface area (Å²) in [5, 5.41) is 8.87. The monoisotopic (exact) mass is 337 g/mol. The van der Waals surface area contributed by atoms with Crippen LogP contribution in [0.3, 0.4) is 0 Å². The Balaban J connectivity index is 2.03. The van der Waals surface area contributed by atoms with E-state index < -0.39 is 5.97 Å². The van der Waals surface area contributed by atoms with E-state index in [1.165, 1.54) is 11.0 Å². The molecule has 0 aliphatic heterocycles. The standard InChI is InChI=1S/C15H16BrNO3/c16-13-4-2-1-3-12(13)7-8-14(18)17(10-15(19)20)9-11-5-6-11/h1-4,7-8,11H,5-6,9-10H2,(H,19,20)/b8-7+. The summed E-state index contributed by atoms with van der Waals surface area (Å²) in [6.07, 6.45) is 5.30. The zero-order chi connectivity index (χ0) is 14.5. The molecule has 0 spiro atoms. The van der Waals surface area contributed by atoms with Gasteiger partial charge in [-0.2, -0.15) is 0 Å². The maximum atomic E-state index is 12.1. The third kappa shape index (κ3) is 4.49. The highest BCUT2D eigenvalue weighted by molar-refractivity contribution is 9.10. The van der Waals surface area contributed by atoms with Gasteiger partial charge in [0.2, 0.25) is 5.91 Å². The number of nitrogens with zero attached hydrogens (tertiary/aromatic N) is 1. The van der Waals surface area contributed by atoms with Gasteiger partial charge in [-0.15, -0.1) is 0 Å². The fourth-order valence-electron chi connectivity index (χ4n) is 1.88. The predicted molar refractivity (Wildman–Crippen MR) is 80.1 cm³/mol. The van der Waals surface area contributed by atoms with E-state index in [1.54, 1.807) is 6.08 Å². The first-order chi connectivity index (χ1) is 9.56. The van der Waals surface area contributed by atoms with Crippen molar-refractivity contribution in [2.24, 2.45) is 5.92 Å². The van der Waals surface area contributed by atoms with E-state index in [9.17, 15) is 9.59 Å². The molecule has 0 atom stereocenters. The summed E-state index contributed by atoms with van der Waals surface area (Å²) >= 11 is 3.40. The number of benzene rings is 1. The second kappa shape index (κ2) is 6.70. The molecule has 1 aromatic carbocycles. The Bertz CT molecular complexity index is 538. The Morgan fingerprint density at radius 3 is 2.65 bits per heavy atom. The van der Waals surface area contributed by atoms with Crippen LogP contribution in [0.1, 0.15) is 18.4 Å². The minimum atomic E-state index is -0.978. The van der Waals surface area contributed by atoms with E-state index in [1.807, 2.05) is 24.3 Å². The molecule has 1 amide bonds. The van der Waals surface area contributed by atoms with Gasteiger partial charge in [0, 0.05) is 17.1 Å². The van der Waals surface area contributed by atoms with Gasteiger partial charge in [-0.3, -0.25) is 9.59 Å². The van der Waals surface area contributed by atoms with E-state index in [2.05, 4.69) is 15.9 Å². The van der Waals surface area contributed by atoms with Crippen LogP contribution in [0.25, 0.3) is 6.08 Å². The fourth-order valence-corrected chi connectivity index (χ4v) is 2.30. The second-order valence-electron chi connectivity index (χ2n) is 4.91. The lowest BCUT2D eigenvalue weighted by Crippen LogP contribution is -2.36. The molecule has 2 rings (SSSR count). The summed E-state index contributed by atoms with van der Waals surface area (Å²) in [5.41, 5.74) is 0.891. The third-order valence-electron chi connectivity index (χ3n) is 3.12. The van der Waals surface area contributed by atoms with Gasteiger partial charge >= 0.3 is 5.97 Å². The fraction of sp³-hybridized carbons (Fsp3) is 0.333. The summed E-state index contributed by atoms with van der Waals surface area (Å²) < 4.78 is 0.899. The molecule has 4 nitrogen and oxygen atoms in total. The molecule has 0 radical (unpaired) electrons. The van der Waals surface area contributed by atoms with Crippen molar-refractivity contribution in [2.75, 3.05) is 13.1 Å². The number of rotatable bonds is 6. The predicted octanol–water partition coefficient (Wildman–Crippen LogP) is 2.79. The van der Waals surface area contributed by atoms with Crippen molar-refractivity contribution in [2.45, 2.75) is 12.8 Å².